The van der Waals surface area contributed by atoms with E-state index in [4.69, 9.17) is 80.2 Å². The maximum atomic E-state index is 15.3. The van der Waals surface area contributed by atoms with E-state index in [1.165, 1.54) is 7.11 Å². The molecule has 4 heterocycles. The third-order valence-corrected chi connectivity index (χ3v) is 28.1. The molecule has 0 aromatic heterocycles. The number of carbonyl (C=O) groups excluding carboxylic acids is 2. The summed E-state index contributed by atoms with van der Waals surface area (Å²) in [6, 6.07) is 90.2. The summed E-state index contributed by atoms with van der Waals surface area (Å²) in [5.41, 5.74) is 5.81. The first kappa shape index (κ1) is 86.9. The van der Waals surface area contributed by atoms with Crippen LogP contribution >= 0.6 is 0 Å². The van der Waals surface area contributed by atoms with Crippen molar-refractivity contribution < 1.29 is 89.8 Å². The fourth-order valence-electron chi connectivity index (χ4n) is 16.9. The number of hydrogen-bond donors (Lipinski definition) is 0. The third kappa shape index (κ3) is 23.4. The van der Waals surface area contributed by atoms with E-state index in [1.807, 2.05) is 188 Å². The molecule has 1 saturated carbocycles. The molecule has 0 bridgehead atoms. The molecule has 0 unspecified atom stereocenters. The summed E-state index contributed by atoms with van der Waals surface area (Å²) in [6.07, 6.45) is -7.90. The van der Waals surface area contributed by atoms with Crippen LogP contribution in [0.15, 0.2) is 273 Å². The predicted molar refractivity (Wildman–Crippen MR) is 453 cm³/mol. The van der Waals surface area contributed by atoms with E-state index in [9.17, 15) is 4.79 Å². The first-order valence-electron chi connectivity index (χ1n) is 42.6. The molecular formula is C99H116O19Si. The Morgan fingerprint density at radius 2 is 0.798 bits per heavy atom. The van der Waals surface area contributed by atoms with Gasteiger partial charge in [-0.1, -0.05) is 314 Å². The number of rotatable bonds is 40. The summed E-state index contributed by atoms with van der Waals surface area (Å²) in [7, 11) is -2.34. The normalized spacial score (nSPS) is 25.0. The van der Waals surface area contributed by atoms with Crippen LogP contribution in [0.25, 0.3) is 0 Å². The van der Waals surface area contributed by atoms with Crippen LogP contribution in [0.4, 0.5) is 0 Å². The molecular weight excluding hydrogens is 1520 g/mol. The standard InChI is InChI=1S/C99H116O19Si/c1-98(2,3)119(79-55-33-16-34-56-79,80-57-35-17-36-58-80)118-93-89(109-68-77-51-29-14-30-52-77)86(107-66-75-47-25-12-26-48-75)82(70-104-64-73-43-21-10-22-44-73)113-97(93)116-91-88(108-67-76-49-27-13-28-50-76)85(106-65-74-45-23-11-24-46-74)81(69-103-63-72-41-19-9-20-42-72)112-96(91)115-90-87-83(71-110-99(117-87)60-38-18-39-61-99)111-95(92(90)114-94(101)78-53-31-15-32-54-78)105-62-40-8-6-5-7-37-59-84(100)102-4/h9-17,19-36,41-58,81-83,85-93,95-97H,5-8,18,37-40,59-71H2,1-4H3/t81-,82-,83-,85-,86-,87-,88+,89+,90+,91+,92+,93+,95-,96-,97-/m1/s1. The summed E-state index contributed by atoms with van der Waals surface area (Å²) >= 11 is 0. The monoisotopic (exact) mass is 1640 g/mol. The van der Waals surface area contributed by atoms with E-state index in [0.29, 0.717) is 31.2 Å². The van der Waals surface area contributed by atoms with Crippen molar-refractivity contribution in [3.63, 3.8) is 0 Å². The van der Waals surface area contributed by atoms with Gasteiger partial charge >= 0.3 is 11.9 Å². The number of methoxy groups -OCH3 is 1. The highest BCUT2D eigenvalue weighted by molar-refractivity contribution is 6.99. The molecule has 0 radical (unpaired) electrons. The molecule has 9 aromatic carbocycles. The molecule has 1 aliphatic carbocycles. The van der Waals surface area contributed by atoms with Crippen molar-refractivity contribution in [2.45, 2.75) is 240 Å². The van der Waals surface area contributed by atoms with Crippen molar-refractivity contribution in [3.05, 3.63) is 312 Å². The Kier molecular flexibility index (Phi) is 32.0. The van der Waals surface area contributed by atoms with Crippen LogP contribution < -0.4 is 10.4 Å². The SMILES string of the molecule is COC(=O)CCCCCCCCO[C@@H]1O[C@@H]2COC3(CCCCC3)O[C@H]2[C@H](O[C@H]2O[C@H](COCc3ccccc3)[C@@H](OCc3ccccc3)[C@H](OCc3ccccc3)[C@@H]2O[C@H]2O[C@H](COCc3ccccc3)[C@@H](OCc3ccccc3)[C@H](OCc3ccccc3)[C@@H]2O[Si](c2ccccc2)(c2ccccc2)C(C)(C)C)[C@@H]1OC(=O)c1ccccc1. The Morgan fingerprint density at radius 1 is 0.403 bits per heavy atom. The van der Waals surface area contributed by atoms with Gasteiger partial charge in [0.25, 0.3) is 8.32 Å². The largest absolute Gasteiger partial charge is 0.469 e. The highest BCUT2D eigenvalue weighted by atomic mass is 28.4. The van der Waals surface area contributed by atoms with Gasteiger partial charge in [-0.05, 0) is 86.6 Å². The molecule has 4 aliphatic heterocycles. The highest BCUT2D eigenvalue weighted by Gasteiger charge is 2.62. The summed E-state index contributed by atoms with van der Waals surface area (Å²) < 4.78 is 125. The quantitative estimate of drug-likeness (QED) is 0.0200. The minimum absolute atomic E-state index is 0.00318. The molecule has 20 heteroatoms. The predicted octanol–water partition coefficient (Wildman–Crippen LogP) is 16.9. The number of carbonyl (C=O) groups is 2. The number of ether oxygens (including phenoxy) is 16. The Labute approximate surface area is 702 Å². The lowest BCUT2D eigenvalue weighted by atomic mass is 9.90. The summed E-state index contributed by atoms with van der Waals surface area (Å²) in [4.78, 5) is 27.3. The Balaban J connectivity index is 0.955. The van der Waals surface area contributed by atoms with Crippen LogP contribution in [-0.2, 0) is 125 Å². The van der Waals surface area contributed by atoms with E-state index in [1.54, 1.807) is 24.3 Å². The van der Waals surface area contributed by atoms with Gasteiger partial charge in [-0.3, -0.25) is 4.79 Å². The van der Waals surface area contributed by atoms with Crippen molar-refractivity contribution in [2.75, 3.05) is 33.5 Å². The van der Waals surface area contributed by atoms with E-state index >= 15 is 4.79 Å². The van der Waals surface area contributed by atoms with Crippen LogP contribution in [-0.4, -0.2) is 152 Å². The van der Waals surface area contributed by atoms with E-state index in [-0.39, 0.29) is 72.0 Å². The first-order valence-corrected chi connectivity index (χ1v) is 44.5. The van der Waals surface area contributed by atoms with Crippen molar-refractivity contribution in [1.82, 2.24) is 0 Å². The van der Waals surface area contributed by atoms with E-state index < -0.39 is 117 Å². The van der Waals surface area contributed by atoms with Gasteiger partial charge < -0.3 is 80.2 Å². The zero-order valence-electron chi connectivity index (χ0n) is 69.0. The Hall–Kier alpha value is -8.46. The maximum Gasteiger partial charge on any atom is 0.338 e. The summed E-state index contributed by atoms with van der Waals surface area (Å²) in [5.74, 6) is -1.89. The zero-order valence-corrected chi connectivity index (χ0v) is 70.0. The molecule has 1 spiro atoms. The van der Waals surface area contributed by atoms with Gasteiger partial charge in [-0.25, -0.2) is 4.79 Å². The van der Waals surface area contributed by atoms with Gasteiger partial charge in [-0.2, -0.15) is 0 Å². The minimum Gasteiger partial charge on any atom is -0.469 e. The number of benzene rings is 9. The molecule has 14 rings (SSSR count). The lowest BCUT2D eigenvalue weighted by Gasteiger charge is -2.55. The molecule has 5 fully saturated rings. The average Bonchev–Trinajstić information content (AvgIpc) is 0.731. The number of unbranched alkanes of at least 4 members (excludes halogenated alkanes) is 5. The fourth-order valence-corrected chi connectivity index (χ4v) is 21.6. The van der Waals surface area contributed by atoms with Crippen LogP contribution in [0, 0.1) is 0 Å². The third-order valence-electron chi connectivity index (χ3n) is 23.0. The first-order chi connectivity index (χ1) is 58.4. The smallest absolute Gasteiger partial charge is 0.338 e. The minimum atomic E-state index is -3.76. The molecule has 630 valence electrons. The second-order valence-electron chi connectivity index (χ2n) is 32.5. The van der Waals surface area contributed by atoms with E-state index in [0.717, 1.165) is 95.1 Å². The van der Waals surface area contributed by atoms with Crippen LogP contribution in [0.5, 0.6) is 0 Å². The van der Waals surface area contributed by atoms with Crippen LogP contribution in [0.2, 0.25) is 5.04 Å². The number of hydrogen-bond acceptors (Lipinski definition) is 19. The molecule has 19 nitrogen and oxygen atoms in total. The number of fused-ring (bicyclic) bond motifs is 1. The van der Waals surface area contributed by atoms with Gasteiger partial charge in [-0.15, -0.1) is 0 Å². The highest BCUT2D eigenvalue weighted by Crippen LogP contribution is 2.47. The second-order valence-corrected chi connectivity index (χ2v) is 36.8. The van der Waals surface area contributed by atoms with Gasteiger partial charge in [0, 0.05) is 25.9 Å². The van der Waals surface area contributed by atoms with Gasteiger partial charge in [0.2, 0.25) is 0 Å². The van der Waals surface area contributed by atoms with Crippen LogP contribution in [0.1, 0.15) is 142 Å². The molecule has 15 atom stereocenters. The number of esters is 2. The Morgan fingerprint density at radius 3 is 1.25 bits per heavy atom. The molecule has 0 amide bonds. The second kappa shape index (κ2) is 43.9. The van der Waals surface area contributed by atoms with Gasteiger partial charge in [0.15, 0.2) is 30.8 Å². The Bertz CT molecular complexity index is 4360. The van der Waals surface area contributed by atoms with Gasteiger partial charge in [0.1, 0.15) is 67.1 Å². The van der Waals surface area contributed by atoms with Gasteiger partial charge in [0.05, 0.1) is 72.1 Å². The maximum absolute atomic E-state index is 15.3. The molecule has 0 N–H and O–H groups in total. The summed E-state index contributed by atoms with van der Waals surface area (Å²) in [5, 5.41) is 1.37. The molecule has 5 aliphatic rings. The van der Waals surface area contributed by atoms with Crippen molar-refractivity contribution >= 4 is 30.6 Å². The molecule has 4 saturated heterocycles. The fraction of sp³-hybridized carbons (Fsp3) is 0.434. The van der Waals surface area contributed by atoms with Crippen molar-refractivity contribution in [2.24, 2.45) is 0 Å². The lowest BCUT2D eigenvalue weighted by molar-refractivity contribution is -0.424. The molecule has 119 heavy (non-hydrogen) atoms. The van der Waals surface area contributed by atoms with E-state index in [2.05, 4.69) is 81.4 Å². The van der Waals surface area contributed by atoms with Crippen LogP contribution in [0.3, 0.4) is 0 Å². The lowest BCUT2D eigenvalue weighted by Crippen LogP contribution is -2.73. The van der Waals surface area contributed by atoms with Crippen molar-refractivity contribution in [1.29, 1.82) is 0 Å². The average molecular weight is 1640 g/mol. The zero-order chi connectivity index (χ0) is 81.9. The molecule has 9 aromatic rings. The topological polar surface area (TPSA) is 191 Å². The summed E-state index contributed by atoms with van der Waals surface area (Å²) in [6.45, 7) is 8.01. The van der Waals surface area contributed by atoms with Crippen molar-refractivity contribution in [3.8, 4) is 0 Å².